The standard InChI is InChI=1S/C39H25N3O/c1-3-11-27(12-4-1)36-37(28-13-5-2-6-14-28)42-39(30-22-23-32-31-15-7-8-17-34(31)43-35(32)25-30)38(41-36)29-20-18-26(19-21-29)33-16-9-10-24-40-33/h1-25H. The van der Waals surface area contributed by atoms with Crippen molar-refractivity contribution < 1.29 is 4.42 Å². The van der Waals surface area contributed by atoms with Crippen molar-refractivity contribution >= 4 is 21.9 Å². The average Bonchev–Trinajstić information content (AvgIpc) is 3.47. The summed E-state index contributed by atoms with van der Waals surface area (Å²) in [5, 5.41) is 2.18. The molecule has 0 atom stereocenters. The summed E-state index contributed by atoms with van der Waals surface area (Å²) in [5.74, 6) is 0. The molecule has 3 aromatic heterocycles. The SMILES string of the molecule is c1ccc(-c2nc(-c3ccc(-c4ccccn4)cc3)c(-c3ccc4c(c3)oc3ccccc34)nc2-c2ccccc2)cc1. The minimum atomic E-state index is 0.798. The van der Waals surface area contributed by atoms with Gasteiger partial charge in [0, 0.05) is 44.8 Å². The molecule has 0 N–H and O–H groups in total. The molecule has 0 unspecified atom stereocenters. The van der Waals surface area contributed by atoms with E-state index in [0.29, 0.717) is 0 Å². The molecule has 0 saturated carbocycles. The molecule has 0 radical (unpaired) electrons. The number of fused-ring (bicyclic) bond motifs is 3. The van der Waals surface area contributed by atoms with Gasteiger partial charge in [-0.05, 0) is 30.3 Å². The third-order valence-corrected chi connectivity index (χ3v) is 7.76. The zero-order valence-corrected chi connectivity index (χ0v) is 23.2. The van der Waals surface area contributed by atoms with E-state index in [1.807, 2.05) is 79.0 Å². The van der Waals surface area contributed by atoms with Crippen molar-refractivity contribution in [1.29, 1.82) is 0 Å². The Morgan fingerprint density at radius 3 is 1.53 bits per heavy atom. The normalized spacial score (nSPS) is 11.3. The van der Waals surface area contributed by atoms with Gasteiger partial charge < -0.3 is 4.42 Å². The maximum Gasteiger partial charge on any atom is 0.136 e. The summed E-state index contributed by atoms with van der Waals surface area (Å²) in [6, 6.07) is 49.4. The summed E-state index contributed by atoms with van der Waals surface area (Å²) in [7, 11) is 0. The van der Waals surface area contributed by atoms with Crippen molar-refractivity contribution in [3.63, 3.8) is 0 Å². The summed E-state index contributed by atoms with van der Waals surface area (Å²) < 4.78 is 6.28. The largest absolute Gasteiger partial charge is 0.456 e. The van der Waals surface area contributed by atoms with Gasteiger partial charge in [0.1, 0.15) is 11.2 Å². The number of hydrogen-bond donors (Lipinski definition) is 0. The molecule has 0 fully saturated rings. The Hall–Kier alpha value is -5.87. The van der Waals surface area contributed by atoms with E-state index >= 15 is 0 Å². The lowest BCUT2D eigenvalue weighted by Gasteiger charge is -2.16. The minimum Gasteiger partial charge on any atom is -0.456 e. The first-order chi connectivity index (χ1) is 21.3. The molecule has 0 aliphatic rings. The first-order valence-electron chi connectivity index (χ1n) is 14.3. The highest BCUT2D eigenvalue weighted by molar-refractivity contribution is 6.06. The van der Waals surface area contributed by atoms with Gasteiger partial charge in [0.2, 0.25) is 0 Å². The van der Waals surface area contributed by atoms with Gasteiger partial charge in [-0.1, -0.05) is 115 Å². The molecule has 0 amide bonds. The summed E-state index contributed by atoms with van der Waals surface area (Å²) in [6.45, 7) is 0. The maximum atomic E-state index is 6.28. The quantitative estimate of drug-likeness (QED) is 0.214. The van der Waals surface area contributed by atoms with Crippen molar-refractivity contribution in [3.05, 3.63) is 152 Å². The number of hydrogen-bond acceptors (Lipinski definition) is 4. The second-order valence-electron chi connectivity index (χ2n) is 10.5. The predicted octanol–water partition coefficient (Wildman–Crippen LogP) is 10.1. The van der Waals surface area contributed by atoms with E-state index in [9.17, 15) is 0 Å². The highest BCUT2D eigenvalue weighted by Crippen LogP contribution is 2.39. The van der Waals surface area contributed by atoms with Gasteiger partial charge in [0.15, 0.2) is 0 Å². The van der Waals surface area contributed by atoms with E-state index in [0.717, 1.165) is 78.2 Å². The molecule has 4 heteroatoms. The fourth-order valence-electron chi connectivity index (χ4n) is 5.64. The van der Waals surface area contributed by atoms with E-state index in [2.05, 4.69) is 77.8 Å². The van der Waals surface area contributed by atoms with E-state index in [-0.39, 0.29) is 0 Å². The highest BCUT2D eigenvalue weighted by Gasteiger charge is 2.20. The molecule has 8 aromatic rings. The molecule has 0 bridgehead atoms. The Bertz CT molecular complexity index is 2210. The molecule has 3 heterocycles. The number of furan rings is 1. The molecule has 202 valence electrons. The highest BCUT2D eigenvalue weighted by atomic mass is 16.3. The molecule has 4 nitrogen and oxygen atoms in total. The number of para-hydroxylation sites is 1. The molecular weight excluding hydrogens is 526 g/mol. The lowest BCUT2D eigenvalue weighted by atomic mass is 9.98. The van der Waals surface area contributed by atoms with Crippen molar-refractivity contribution in [2.75, 3.05) is 0 Å². The number of nitrogens with zero attached hydrogens (tertiary/aromatic N) is 3. The second kappa shape index (κ2) is 10.5. The maximum absolute atomic E-state index is 6.28. The smallest absolute Gasteiger partial charge is 0.136 e. The summed E-state index contributed by atoms with van der Waals surface area (Å²) in [4.78, 5) is 15.3. The number of benzene rings is 5. The van der Waals surface area contributed by atoms with Gasteiger partial charge in [0.05, 0.1) is 28.5 Å². The second-order valence-corrected chi connectivity index (χ2v) is 10.5. The number of aromatic nitrogens is 3. The van der Waals surface area contributed by atoms with E-state index in [1.165, 1.54) is 0 Å². The van der Waals surface area contributed by atoms with Crippen molar-refractivity contribution in [1.82, 2.24) is 15.0 Å². The molecular formula is C39H25N3O. The van der Waals surface area contributed by atoms with Gasteiger partial charge in [-0.2, -0.15) is 0 Å². The van der Waals surface area contributed by atoms with Crippen molar-refractivity contribution in [2.45, 2.75) is 0 Å². The van der Waals surface area contributed by atoms with Gasteiger partial charge in [-0.15, -0.1) is 0 Å². The van der Waals surface area contributed by atoms with Crippen LogP contribution in [0.3, 0.4) is 0 Å². The summed E-state index contributed by atoms with van der Waals surface area (Å²) >= 11 is 0. The van der Waals surface area contributed by atoms with Gasteiger partial charge in [0.25, 0.3) is 0 Å². The Kier molecular flexibility index (Phi) is 6.08. The number of rotatable bonds is 5. The molecule has 5 aromatic carbocycles. The van der Waals surface area contributed by atoms with Crippen LogP contribution in [0, 0.1) is 0 Å². The van der Waals surface area contributed by atoms with Crippen LogP contribution in [0.5, 0.6) is 0 Å². The molecule has 0 aliphatic heterocycles. The summed E-state index contributed by atoms with van der Waals surface area (Å²) in [6.07, 6.45) is 1.81. The molecule has 8 rings (SSSR count). The van der Waals surface area contributed by atoms with E-state index in [4.69, 9.17) is 14.4 Å². The third kappa shape index (κ3) is 4.55. The van der Waals surface area contributed by atoms with Crippen LogP contribution in [0.2, 0.25) is 0 Å². The first kappa shape index (κ1) is 24.9. The summed E-state index contributed by atoms with van der Waals surface area (Å²) in [5.41, 5.74) is 10.9. The van der Waals surface area contributed by atoms with Crippen LogP contribution in [0.1, 0.15) is 0 Å². The average molecular weight is 552 g/mol. The molecule has 0 saturated heterocycles. The van der Waals surface area contributed by atoms with E-state index < -0.39 is 0 Å². The van der Waals surface area contributed by atoms with Crippen LogP contribution in [-0.4, -0.2) is 15.0 Å². The predicted molar refractivity (Wildman–Crippen MR) is 174 cm³/mol. The topological polar surface area (TPSA) is 51.8 Å². The van der Waals surface area contributed by atoms with Crippen LogP contribution < -0.4 is 0 Å². The van der Waals surface area contributed by atoms with Crippen molar-refractivity contribution in [2.24, 2.45) is 0 Å². The Labute approximate surface area is 249 Å². The van der Waals surface area contributed by atoms with Crippen LogP contribution in [0.25, 0.3) is 78.2 Å². The Balaban J connectivity index is 1.38. The first-order valence-corrected chi connectivity index (χ1v) is 14.3. The lowest BCUT2D eigenvalue weighted by Crippen LogP contribution is -2.01. The van der Waals surface area contributed by atoms with E-state index in [1.54, 1.807) is 0 Å². The van der Waals surface area contributed by atoms with Gasteiger partial charge in [-0.3, -0.25) is 4.98 Å². The molecule has 0 aliphatic carbocycles. The fraction of sp³-hybridized carbons (Fsp3) is 0. The molecule has 0 spiro atoms. The molecule has 43 heavy (non-hydrogen) atoms. The van der Waals surface area contributed by atoms with Crippen molar-refractivity contribution in [3.8, 4) is 56.3 Å². The zero-order valence-electron chi connectivity index (χ0n) is 23.2. The van der Waals surface area contributed by atoms with Gasteiger partial charge in [-0.25, -0.2) is 9.97 Å². The minimum absolute atomic E-state index is 0.798. The number of pyridine rings is 1. The fourth-order valence-corrected chi connectivity index (χ4v) is 5.64. The zero-order chi connectivity index (χ0) is 28.6. The Morgan fingerprint density at radius 1 is 0.372 bits per heavy atom. The monoisotopic (exact) mass is 551 g/mol. The van der Waals surface area contributed by atoms with Crippen LogP contribution in [0.4, 0.5) is 0 Å². The lowest BCUT2D eigenvalue weighted by molar-refractivity contribution is 0.669. The Morgan fingerprint density at radius 2 is 0.884 bits per heavy atom. The van der Waals surface area contributed by atoms with Crippen LogP contribution in [-0.2, 0) is 0 Å². The third-order valence-electron chi connectivity index (χ3n) is 7.76. The van der Waals surface area contributed by atoms with Gasteiger partial charge >= 0.3 is 0 Å². The van der Waals surface area contributed by atoms with Crippen LogP contribution >= 0.6 is 0 Å². The van der Waals surface area contributed by atoms with Crippen LogP contribution in [0.15, 0.2) is 156 Å².